The Bertz CT molecular complexity index is 875. The van der Waals surface area contributed by atoms with E-state index in [0.717, 1.165) is 6.92 Å². The summed E-state index contributed by atoms with van der Waals surface area (Å²) in [4.78, 5) is 23.4. The summed E-state index contributed by atoms with van der Waals surface area (Å²) in [6, 6.07) is 6.98. The second kappa shape index (κ2) is 6.84. The number of alkyl halides is 3. The fraction of sp³-hybridized carbons (Fsp3) is 0.188. The van der Waals surface area contributed by atoms with Gasteiger partial charge in [0.05, 0.1) is 10.3 Å². The fourth-order valence-corrected chi connectivity index (χ4v) is 2.96. The number of hydrogen-bond donors (Lipinski definition) is 0. The number of carbonyl (C=O) groups is 2. The van der Waals surface area contributed by atoms with E-state index in [1.807, 2.05) is 6.07 Å². The van der Waals surface area contributed by atoms with Crippen molar-refractivity contribution in [2.24, 2.45) is 0 Å². The number of nitrogens with zero attached hydrogens (tertiary/aromatic N) is 1. The van der Waals surface area contributed by atoms with Crippen LogP contribution in [0.4, 0.5) is 13.2 Å². The molecule has 0 aliphatic rings. The van der Waals surface area contributed by atoms with Gasteiger partial charge in [-0.2, -0.15) is 18.4 Å². The van der Waals surface area contributed by atoms with Gasteiger partial charge in [0.25, 0.3) is 0 Å². The van der Waals surface area contributed by atoms with E-state index in [2.05, 4.69) is 4.74 Å². The van der Waals surface area contributed by atoms with Crippen LogP contribution in [0.5, 0.6) is 0 Å². The van der Waals surface area contributed by atoms with E-state index >= 15 is 0 Å². The molecule has 0 aliphatic carbocycles. The lowest BCUT2D eigenvalue weighted by Crippen LogP contribution is -2.22. The molecule has 0 saturated carbocycles. The molecule has 0 N–H and O–H groups in total. The Morgan fingerprint density at radius 3 is 2.67 bits per heavy atom. The molecule has 0 fully saturated rings. The molecular formula is C16H10F3NO3S. The minimum atomic E-state index is -4.67. The molecule has 2 aromatic rings. The predicted octanol–water partition coefficient (Wildman–Crippen LogP) is 3.85. The lowest BCUT2D eigenvalue weighted by atomic mass is 10.1. The molecule has 0 amide bonds. The topological polar surface area (TPSA) is 67.2 Å². The normalized spacial score (nSPS) is 12.0. The van der Waals surface area contributed by atoms with E-state index < -0.39 is 30.1 Å². The third-order valence-corrected chi connectivity index (χ3v) is 4.06. The van der Waals surface area contributed by atoms with Crippen molar-refractivity contribution in [1.82, 2.24) is 0 Å². The number of ketones is 1. The molecule has 0 bridgehead atoms. The fourth-order valence-electron chi connectivity index (χ4n) is 1.96. The molecular weight excluding hydrogens is 343 g/mol. The molecule has 0 unspecified atom stereocenters. The highest BCUT2D eigenvalue weighted by molar-refractivity contribution is 7.17. The van der Waals surface area contributed by atoms with Crippen LogP contribution < -0.4 is 0 Å². The van der Waals surface area contributed by atoms with Crippen molar-refractivity contribution in [2.45, 2.75) is 13.1 Å². The van der Waals surface area contributed by atoms with Gasteiger partial charge in [-0.25, -0.2) is 4.79 Å². The number of ether oxygens (including phenoxy) is 1. The number of benzene rings is 1. The SMILES string of the molecule is CC(=O)C(=Cc1csc2c(C#N)cccc12)C(=O)OCC(F)(F)F. The van der Waals surface area contributed by atoms with E-state index in [4.69, 9.17) is 5.26 Å². The third kappa shape index (κ3) is 4.00. The van der Waals surface area contributed by atoms with Gasteiger partial charge >= 0.3 is 12.1 Å². The molecule has 0 spiro atoms. The second-order valence-electron chi connectivity index (χ2n) is 4.79. The average Bonchev–Trinajstić information content (AvgIpc) is 2.92. The summed E-state index contributed by atoms with van der Waals surface area (Å²) in [5.41, 5.74) is 0.406. The van der Waals surface area contributed by atoms with Crippen LogP contribution in [0.1, 0.15) is 18.1 Å². The van der Waals surface area contributed by atoms with Gasteiger partial charge in [-0.3, -0.25) is 4.79 Å². The molecule has 1 aromatic carbocycles. The molecule has 124 valence electrons. The number of nitriles is 1. The molecule has 0 atom stereocenters. The summed E-state index contributed by atoms with van der Waals surface area (Å²) in [6.45, 7) is -0.699. The van der Waals surface area contributed by atoms with Crippen molar-refractivity contribution >= 4 is 39.3 Å². The Balaban J connectivity index is 2.40. The van der Waals surface area contributed by atoms with Crippen LogP contribution in [-0.4, -0.2) is 24.5 Å². The third-order valence-electron chi connectivity index (χ3n) is 3.02. The molecule has 0 aliphatic heterocycles. The Kier molecular flexibility index (Phi) is 5.04. The van der Waals surface area contributed by atoms with Gasteiger partial charge in [-0.1, -0.05) is 12.1 Å². The summed E-state index contributed by atoms with van der Waals surface area (Å²) < 4.78 is 41.2. The first-order chi connectivity index (χ1) is 11.2. The molecule has 0 saturated heterocycles. The van der Waals surface area contributed by atoms with Crippen LogP contribution in [0.25, 0.3) is 16.2 Å². The van der Waals surface area contributed by atoms with Crippen LogP contribution in [0.2, 0.25) is 0 Å². The van der Waals surface area contributed by atoms with Gasteiger partial charge < -0.3 is 4.74 Å². The Morgan fingerprint density at radius 1 is 1.38 bits per heavy atom. The summed E-state index contributed by atoms with van der Waals surface area (Å²) in [5.74, 6) is -2.05. The molecule has 4 nitrogen and oxygen atoms in total. The van der Waals surface area contributed by atoms with Crippen LogP contribution in [0, 0.1) is 11.3 Å². The highest BCUT2D eigenvalue weighted by atomic mass is 32.1. The number of esters is 1. The van der Waals surface area contributed by atoms with E-state index in [1.165, 1.54) is 17.4 Å². The maximum Gasteiger partial charge on any atom is 0.422 e. The van der Waals surface area contributed by atoms with Gasteiger partial charge in [0.2, 0.25) is 0 Å². The van der Waals surface area contributed by atoms with Gasteiger partial charge in [-0.05, 0) is 30.0 Å². The average molecular weight is 353 g/mol. The summed E-state index contributed by atoms with van der Waals surface area (Å²) in [5, 5.41) is 11.3. The zero-order valence-electron chi connectivity index (χ0n) is 12.3. The maximum atomic E-state index is 12.1. The first kappa shape index (κ1) is 17.7. The van der Waals surface area contributed by atoms with E-state index in [0.29, 0.717) is 21.2 Å². The van der Waals surface area contributed by atoms with Crippen molar-refractivity contribution in [3.05, 3.63) is 40.3 Å². The summed E-state index contributed by atoms with van der Waals surface area (Å²) >= 11 is 1.24. The number of Topliss-reactive ketones (excluding diaryl/α,β-unsaturated/α-hetero) is 1. The van der Waals surface area contributed by atoms with Crippen molar-refractivity contribution in [1.29, 1.82) is 5.26 Å². The zero-order chi connectivity index (χ0) is 17.9. The van der Waals surface area contributed by atoms with Gasteiger partial charge in [0.15, 0.2) is 12.4 Å². The summed E-state index contributed by atoms with van der Waals surface area (Å²) in [7, 11) is 0. The van der Waals surface area contributed by atoms with E-state index in [-0.39, 0.29) is 0 Å². The van der Waals surface area contributed by atoms with Gasteiger partial charge in [0, 0.05) is 5.39 Å². The van der Waals surface area contributed by atoms with Gasteiger partial charge in [-0.15, -0.1) is 11.3 Å². The number of rotatable bonds is 4. The van der Waals surface area contributed by atoms with Crippen LogP contribution >= 0.6 is 11.3 Å². The molecule has 24 heavy (non-hydrogen) atoms. The van der Waals surface area contributed by atoms with Crippen molar-refractivity contribution in [3.63, 3.8) is 0 Å². The standard InChI is InChI=1S/C16H10F3NO3S/c1-9(21)13(15(22)23-8-16(17,18)19)5-11-7-24-14-10(6-20)3-2-4-12(11)14/h2-5,7H,8H2,1H3. The largest absolute Gasteiger partial charge is 0.452 e. The Hall–Kier alpha value is -2.66. The summed E-state index contributed by atoms with van der Waals surface area (Å²) in [6.07, 6.45) is -3.49. The van der Waals surface area contributed by atoms with E-state index in [1.54, 1.807) is 23.6 Å². The number of fused-ring (bicyclic) bond motifs is 1. The maximum absolute atomic E-state index is 12.1. The predicted molar refractivity (Wildman–Crippen MR) is 82.2 cm³/mol. The lowest BCUT2D eigenvalue weighted by molar-refractivity contribution is -0.183. The van der Waals surface area contributed by atoms with Crippen LogP contribution in [0.15, 0.2) is 29.2 Å². The quantitative estimate of drug-likeness (QED) is 0.362. The van der Waals surface area contributed by atoms with Crippen LogP contribution in [-0.2, 0) is 14.3 Å². The monoisotopic (exact) mass is 353 g/mol. The number of hydrogen-bond acceptors (Lipinski definition) is 5. The molecule has 1 aromatic heterocycles. The van der Waals surface area contributed by atoms with Crippen molar-refractivity contribution in [2.75, 3.05) is 6.61 Å². The smallest absolute Gasteiger partial charge is 0.422 e. The van der Waals surface area contributed by atoms with E-state index in [9.17, 15) is 22.8 Å². The second-order valence-corrected chi connectivity index (χ2v) is 5.67. The minimum absolute atomic E-state index is 0.432. The van der Waals surface area contributed by atoms with Crippen LogP contribution in [0.3, 0.4) is 0 Å². The molecule has 1 heterocycles. The van der Waals surface area contributed by atoms with Crippen molar-refractivity contribution in [3.8, 4) is 6.07 Å². The molecule has 0 radical (unpaired) electrons. The highest BCUT2D eigenvalue weighted by Gasteiger charge is 2.31. The first-order valence-electron chi connectivity index (χ1n) is 6.60. The Labute approximate surface area is 138 Å². The number of carbonyl (C=O) groups excluding carboxylic acids is 2. The highest BCUT2D eigenvalue weighted by Crippen LogP contribution is 2.30. The van der Waals surface area contributed by atoms with Crippen molar-refractivity contribution < 1.29 is 27.5 Å². The molecule has 8 heteroatoms. The van der Waals surface area contributed by atoms with Gasteiger partial charge in [0.1, 0.15) is 11.6 Å². The lowest BCUT2D eigenvalue weighted by Gasteiger charge is -2.08. The number of thiophene rings is 1. The zero-order valence-corrected chi connectivity index (χ0v) is 13.1. The molecule has 2 rings (SSSR count). The first-order valence-corrected chi connectivity index (χ1v) is 7.47. The number of halogens is 3. The minimum Gasteiger partial charge on any atom is -0.452 e. The Morgan fingerprint density at radius 2 is 2.08 bits per heavy atom.